The molecule has 1 aliphatic heterocycles. The number of nitrogens with two attached hydrogens (primary N) is 1. The van der Waals surface area contributed by atoms with Gasteiger partial charge in [-0.15, -0.1) is 0 Å². The second-order valence-electron chi connectivity index (χ2n) is 4.00. The minimum Gasteiger partial charge on any atom is -0.453 e. The van der Waals surface area contributed by atoms with Crippen LogP contribution in [0, 0.1) is 0 Å². The van der Waals surface area contributed by atoms with Gasteiger partial charge < -0.3 is 20.3 Å². The summed E-state index contributed by atoms with van der Waals surface area (Å²) in [7, 11) is 1.41. The minimum absolute atomic E-state index is 0.259. The second kappa shape index (κ2) is 4.95. The van der Waals surface area contributed by atoms with Crippen LogP contribution in [0.2, 0.25) is 0 Å². The van der Waals surface area contributed by atoms with Crippen LogP contribution < -0.4 is 10.6 Å². The molecule has 0 atom stereocenters. The monoisotopic (exact) mass is 235 g/mol. The number of hydrogen-bond donors (Lipinski definition) is 1. The van der Waals surface area contributed by atoms with Gasteiger partial charge in [-0.25, -0.2) is 4.79 Å². The van der Waals surface area contributed by atoms with E-state index in [1.165, 1.54) is 7.11 Å². The Labute approximate surface area is 101 Å². The first kappa shape index (κ1) is 11.6. The topological polar surface area (TPSA) is 58.8 Å². The number of nitrogen functional groups attached to an aromatic ring is 1. The molecule has 1 aliphatic rings. The number of methoxy groups -OCH3 is 1. The number of nitrogens with zero attached hydrogens (tertiary/aromatic N) is 2. The quantitative estimate of drug-likeness (QED) is 0.742. The first-order chi connectivity index (χ1) is 8.22. The third-order valence-electron chi connectivity index (χ3n) is 2.99. The lowest BCUT2D eigenvalue weighted by Crippen LogP contribution is -2.48. The molecule has 0 aliphatic carbocycles. The van der Waals surface area contributed by atoms with Crippen molar-refractivity contribution in [2.45, 2.75) is 0 Å². The molecule has 5 heteroatoms. The number of ether oxygens (including phenoxy) is 1. The molecule has 5 nitrogen and oxygen atoms in total. The molecular formula is C12H17N3O2. The Hall–Kier alpha value is -1.91. The average Bonchev–Trinajstić information content (AvgIpc) is 2.39. The highest BCUT2D eigenvalue weighted by molar-refractivity contribution is 5.70. The number of anilines is 2. The summed E-state index contributed by atoms with van der Waals surface area (Å²) in [5, 5.41) is 0. The third-order valence-corrected chi connectivity index (χ3v) is 2.99. The lowest BCUT2D eigenvalue weighted by molar-refractivity contribution is 0.121. The van der Waals surface area contributed by atoms with Gasteiger partial charge in [0.15, 0.2) is 0 Å². The van der Waals surface area contributed by atoms with Crippen LogP contribution in [0.5, 0.6) is 0 Å². The zero-order chi connectivity index (χ0) is 12.3. The highest BCUT2D eigenvalue weighted by Crippen LogP contribution is 2.23. The van der Waals surface area contributed by atoms with Crippen molar-refractivity contribution in [1.82, 2.24) is 4.90 Å². The van der Waals surface area contributed by atoms with Gasteiger partial charge in [0, 0.05) is 26.2 Å². The van der Waals surface area contributed by atoms with Crippen LogP contribution in [0.25, 0.3) is 0 Å². The zero-order valence-electron chi connectivity index (χ0n) is 9.93. The molecule has 0 aromatic heterocycles. The maximum absolute atomic E-state index is 11.3. The average molecular weight is 235 g/mol. The molecule has 0 radical (unpaired) electrons. The van der Waals surface area contributed by atoms with E-state index >= 15 is 0 Å². The fraction of sp³-hybridized carbons (Fsp3) is 0.417. The van der Waals surface area contributed by atoms with Crippen molar-refractivity contribution in [3.05, 3.63) is 24.3 Å². The van der Waals surface area contributed by atoms with Gasteiger partial charge in [0.1, 0.15) is 0 Å². The summed E-state index contributed by atoms with van der Waals surface area (Å²) in [6, 6.07) is 7.78. The molecular weight excluding hydrogens is 218 g/mol. The smallest absolute Gasteiger partial charge is 0.409 e. The Kier molecular flexibility index (Phi) is 3.37. The Balaban J connectivity index is 2.00. The summed E-state index contributed by atoms with van der Waals surface area (Å²) in [4.78, 5) is 15.2. The Bertz CT molecular complexity index is 400. The molecule has 1 fully saturated rings. The summed E-state index contributed by atoms with van der Waals surface area (Å²) in [6.45, 7) is 2.90. The molecule has 2 rings (SSSR count). The summed E-state index contributed by atoms with van der Waals surface area (Å²) >= 11 is 0. The molecule has 0 spiro atoms. The van der Waals surface area contributed by atoms with Crippen molar-refractivity contribution in [3.8, 4) is 0 Å². The maximum Gasteiger partial charge on any atom is 0.409 e. The number of piperazine rings is 1. The predicted molar refractivity (Wildman–Crippen MR) is 67.0 cm³/mol. The molecule has 1 heterocycles. The minimum atomic E-state index is -0.259. The van der Waals surface area contributed by atoms with E-state index in [-0.39, 0.29) is 6.09 Å². The SMILES string of the molecule is COC(=O)N1CCN(c2ccccc2N)CC1. The number of benzene rings is 1. The fourth-order valence-corrected chi connectivity index (χ4v) is 2.03. The molecule has 2 N–H and O–H groups in total. The van der Waals surface area contributed by atoms with Gasteiger partial charge in [-0.2, -0.15) is 0 Å². The van der Waals surface area contributed by atoms with Crippen molar-refractivity contribution in [3.63, 3.8) is 0 Å². The van der Waals surface area contributed by atoms with E-state index < -0.39 is 0 Å². The van der Waals surface area contributed by atoms with Gasteiger partial charge in [-0.3, -0.25) is 0 Å². The number of carbonyl (C=O) groups excluding carboxylic acids is 1. The zero-order valence-corrected chi connectivity index (χ0v) is 9.93. The van der Waals surface area contributed by atoms with E-state index in [1.807, 2.05) is 24.3 Å². The molecule has 0 unspecified atom stereocenters. The van der Waals surface area contributed by atoms with E-state index in [0.29, 0.717) is 13.1 Å². The summed E-state index contributed by atoms with van der Waals surface area (Å²) in [6.07, 6.45) is -0.259. The van der Waals surface area contributed by atoms with Crippen molar-refractivity contribution in [1.29, 1.82) is 0 Å². The highest BCUT2D eigenvalue weighted by atomic mass is 16.5. The second-order valence-corrected chi connectivity index (χ2v) is 4.00. The van der Waals surface area contributed by atoms with Crippen LogP contribution in [0.1, 0.15) is 0 Å². The first-order valence-corrected chi connectivity index (χ1v) is 5.64. The molecule has 1 saturated heterocycles. The number of amides is 1. The van der Waals surface area contributed by atoms with Gasteiger partial charge >= 0.3 is 6.09 Å². The number of hydrogen-bond acceptors (Lipinski definition) is 4. The van der Waals surface area contributed by atoms with Crippen molar-refractivity contribution < 1.29 is 9.53 Å². The number of para-hydroxylation sites is 2. The molecule has 1 aromatic carbocycles. The molecule has 1 amide bonds. The fourth-order valence-electron chi connectivity index (χ4n) is 2.03. The van der Waals surface area contributed by atoms with Crippen LogP contribution in [-0.4, -0.2) is 44.3 Å². The van der Waals surface area contributed by atoms with Gasteiger partial charge in [0.2, 0.25) is 0 Å². The Morgan fingerprint density at radius 3 is 2.47 bits per heavy atom. The van der Waals surface area contributed by atoms with E-state index in [4.69, 9.17) is 10.5 Å². The maximum atomic E-state index is 11.3. The van der Waals surface area contributed by atoms with Crippen LogP contribution in [0.15, 0.2) is 24.3 Å². The highest BCUT2D eigenvalue weighted by Gasteiger charge is 2.22. The molecule has 92 valence electrons. The lowest BCUT2D eigenvalue weighted by Gasteiger charge is -2.35. The predicted octanol–water partition coefficient (Wildman–Crippen LogP) is 1.16. The van der Waals surface area contributed by atoms with Crippen molar-refractivity contribution >= 4 is 17.5 Å². The van der Waals surface area contributed by atoms with Crippen LogP contribution in [0.4, 0.5) is 16.2 Å². The first-order valence-electron chi connectivity index (χ1n) is 5.64. The summed E-state index contributed by atoms with van der Waals surface area (Å²) in [5.74, 6) is 0. The normalized spacial score (nSPS) is 15.8. The summed E-state index contributed by atoms with van der Waals surface area (Å²) in [5.41, 5.74) is 7.74. The largest absolute Gasteiger partial charge is 0.453 e. The lowest BCUT2D eigenvalue weighted by atomic mass is 10.2. The number of carbonyl (C=O) groups is 1. The standard InChI is InChI=1S/C12H17N3O2/c1-17-12(16)15-8-6-14(7-9-15)11-5-3-2-4-10(11)13/h2-5H,6-9,13H2,1H3. The molecule has 17 heavy (non-hydrogen) atoms. The van der Waals surface area contributed by atoms with Crippen LogP contribution in [0.3, 0.4) is 0 Å². The van der Waals surface area contributed by atoms with Gasteiger partial charge in [-0.05, 0) is 12.1 Å². The van der Waals surface area contributed by atoms with Crippen molar-refractivity contribution in [2.24, 2.45) is 0 Å². The van der Waals surface area contributed by atoms with Gasteiger partial charge in [-0.1, -0.05) is 12.1 Å². The van der Waals surface area contributed by atoms with Gasteiger partial charge in [0.25, 0.3) is 0 Å². The van der Waals surface area contributed by atoms with E-state index in [9.17, 15) is 4.79 Å². The van der Waals surface area contributed by atoms with E-state index in [2.05, 4.69) is 4.90 Å². The van der Waals surface area contributed by atoms with Crippen LogP contribution in [-0.2, 0) is 4.74 Å². The third kappa shape index (κ3) is 2.43. The van der Waals surface area contributed by atoms with Gasteiger partial charge in [0.05, 0.1) is 18.5 Å². The Morgan fingerprint density at radius 1 is 1.24 bits per heavy atom. The summed E-state index contributed by atoms with van der Waals surface area (Å²) < 4.78 is 4.70. The van der Waals surface area contributed by atoms with Crippen molar-refractivity contribution in [2.75, 3.05) is 43.9 Å². The molecule has 1 aromatic rings. The van der Waals surface area contributed by atoms with E-state index in [0.717, 1.165) is 24.5 Å². The van der Waals surface area contributed by atoms with Crippen LogP contribution >= 0.6 is 0 Å². The molecule has 0 bridgehead atoms. The van der Waals surface area contributed by atoms with E-state index in [1.54, 1.807) is 4.90 Å². The number of rotatable bonds is 1. The molecule has 0 saturated carbocycles. The Morgan fingerprint density at radius 2 is 1.88 bits per heavy atom.